The third kappa shape index (κ3) is 6.79. The van der Waals surface area contributed by atoms with Gasteiger partial charge < -0.3 is 19.0 Å². The third-order valence-electron chi connectivity index (χ3n) is 2.83. The van der Waals surface area contributed by atoms with Crippen LogP contribution in [-0.4, -0.2) is 29.0 Å². The molecule has 1 N–H and O–H groups in total. The van der Waals surface area contributed by atoms with E-state index in [-0.39, 0.29) is 10.5 Å². The van der Waals surface area contributed by atoms with Crippen LogP contribution in [0.1, 0.15) is 27.2 Å². The molecule has 0 aromatic heterocycles. The number of halogens is 2. The maximum atomic E-state index is 11.9. The number of oxime groups is 1. The number of ether oxygens (including phenoxy) is 1. The van der Waals surface area contributed by atoms with E-state index in [9.17, 15) is 14.3 Å². The zero-order valence-corrected chi connectivity index (χ0v) is 15.8. The third-order valence-corrected chi connectivity index (χ3v) is 5.12. The molecule has 0 fully saturated rings. The molecule has 1 aromatic rings. The SMILES string of the molecule is CCC(C)OP(=O)(O)C(C)=NOC(=O)COc1ccc(Cl)c(Cl)c1. The van der Waals surface area contributed by atoms with Gasteiger partial charge in [0.25, 0.3) is 0 Å². The minimum absolute atomic E-state index is 0.278. The summed E-state index contributed by atoms with van der Waals surface area (Å²) in [5, 5.41) is 3.96. The first-order valence-corrected chi connectivity index (χ1v) is 9.33. The van der Waals surface area contributed by atoms with Gasteiger partial charge in [-0.1, -0.05) is 35.3 Å². The van der Waals surface area contributed by atoms with E-state index in [1.54, 1.807) is 13.8 Å². The molecule has 2 atom stereocenters. The van der Waals surface area contributed by atoms with Crippen molar-refractivity contribution in [3.05, 3.63) is 28.2 Å². The maximum absolute atomic E-state index is 11.9. The normalized spacial score (nSPS) is 15.5. The van der Waals surface area contributed by atoms with E-state index < -0.39 is 26.3 Å². The van der Waals surface area contributed by atoms with Crippen LogP contribution >= 0.6 is 30.8 Å². The second-order valence-corrected chi connectivity index (χ2v) is 7.52. The molecule has 0 aliphatic rings. The molecular formula is C14H18Cl2NO6P. The number of benzene rings is 1. The predicted octanol–water partition coefficient (Wildman–Crippen LogP) is 4.25. The lowest BCUT2D eigenvalue weighted by Gasteiger charge is -2.15. The Hall–Kier alpha value is -1.11. The lowest BCUT2D eigenvalue weighted by Crippen LogP contribution is -2.14. The summed E-state index contributed by atoms with van der Waals surface area (Å²) in [5.41, 5.74) is -0.328. The molecule has 2 unspecified atom stereocenters. The Bertz CT molecular complexity index is 667. The van der Waals surface area contributed by atoms with Crippen molar-refractivity contribution in [1.29, 1.82) is 0 Å². The molecule has 1 aromatic carbocycles. The van der Waals surface area contributed by atoms with Crippen molar-refractivity contribution in [3.8, 4) is 5.75 Å². The average Bonchev–Trinajstić information content (AvgIpc) is 2.53. The molecule has 0 saturated heterocycles. The van der Waals surface area contributed by atoms with E-state index in [1.165, 1.54) is 25.1 Å². The van der Waals surface area contributed by atoms with E-state index in [0.717, 1.165) is 0 Å². The Morgan fingerprint density at radius 1 is 1.38 bits per heavy atom. The monoisotopic (exact) mass is 397 g/mol. The first-order chi connectivity index (χ1) is 11.2. The van der Waals surface area contributed by atoms with Crippen molar-refractivity contribution >= 4 is 42.2 Å². The topological polar surface area (TPSA) is 94.4 Å². The summed E-state index contributed by atoms with van der Waals surface area (Å²) in [5.74, 6) is -0.543. The quantitative estimate of drug-likeness (QED) is 0.305. The Balaban J connectivity index is 2.55. The molecule has 0 saturated carbocycles. The van der Waals surface area contributed by atoms with Gasteiger partial charge in [-0.25, -0.2) is 4.79 Å². The molecule has 0 aliphatic heterocycles. The Morgan fingerprint density at radius 2 is 2.04 bits per heavy atom. The standard InChI is InChI=1S/C14H18Cl2NO6P/c1-4-9(2)23-24(19,20)10(3)17-22-14(18)8-21-11-5-6-12(15)13(16)7-11/h5-7,9H,4,8H2,1-3H3,(H,19,20). The van der Waals surface area contributed by atoms with E-state index in [0.29, 0.717) is 17.2 Å². The highest BCUT2D eigenvalue weighted by molar-refractivity contribution is 7.71. The number of hydrogen-bond acceptors (Lipinski definition) is 6. The number of nitrogens with zero attached hydrogens (tertiary/aromatic N) is 1. The summed E-state index contributed by atoms with van der Waals surface area (Å²) < 4.78 is 22.0. The fourth-order valence-electron chi connectivity index (χ4n) is 1.30. The highest BCUT2D eigenvalue weighted by Crippen LogP contribution is 2.45. The zero-order chi connectivity index (χ0) is 18.3. The van der Waals surface area contributed by atoms with Gasteiger partial charge in [-0.3, -0.25) is 4.57 Å². The summed E-state index contributed by atoms with van der Waals surface area (Å²) in [6.45, 7) is 4.22. The molecule has 7 nitrogen and oxygen atoms in total. The van der Waals surface area contributed by atoms with E-state index in [2.05, 4.69) is 9.99 Å². The Kier molecular flexibility index (Phi) is 8.19. The first-order valence-electron chi connectivity index (χ1n) is 6.99. The van der Waals surface area contributed by atoms with Gasteiger partial charge in [-0.2, -0.15) is 0 Å². The molecule has 10 heteroatoms. The lowest BCUT2D eigenvalue weighted by atomic mass is 10.3. The van der Waals surface area contributed by atoms with Gasteiger partial charge in [-0.05, 0) is 32.4 Å². The van der Waals surface area contributed by atoms with Crippen molar-refractivity contribution in [1.82, 2.24) is 0 Å². The minimum atomic E-state index is -4.10. The average molecular weight is 398 g/mol. The number of carbonyl (C=O) groups excluding carboxylic acids is 1. The molecule has 0 amide bonds. The molecule has 134 valence electrons. The van der Waals surface area contributed by atoms with Crippen LogP contribution in [0.3, 0.4) is 0 Å². The van der Waals surface area contributed by atoms with Crippen LogP contribution in [0.25, 0.3) is 0 Å². The molecular weight excluding hydrogens is 380 g/mol. The van der Waals surface area contributed by atoms with E-state index in [1.807, 2.05) is 0 Å². The predicted molar refractivity (Wildman–Crippen MR) is 91.8 cm³/mol. The number of hydrogen-bond donors (Lipinski definition) is 1. The second kappa shape index (κ2) is 9.39. The number of rotatable bonds is 8. The molecule has 24 heavy (non-hydrogen) atoms. The summed E-state index contributed by atoms with van der Waals surface area (Å²) in [6, 6.07) is 4.48. The summed E-state index contributed by atoms with van der Waals surface area (Å²) >= 11 is 11.6. The fraction of sp³-hybridized carbons (Fsp3) is 0.429. The largest absolute Gasteiger partial charge is 0.482 e. The van der Waals surface area contributed by atoms with Gasteiger partial charge in [0.05, 0.1) is 16.1 Å². The zero-order valence-electron chi connectivity index (χ0n) is 13.4. The molecule has 0 radical (unpaired) electrons. The van der Waals surface area contributed by atoms with Gasteiger partial charge in [0.1, 0.15) is 5.75 Å². The van der Waals surface area contributed by atoms with Crippen molar-refractivity contribution in [2.45, 2.75) is 33.3 Å². The van der Waals surface area contributed by atoms with Gasteiger partial charge in [0.15, 0.2) is 12.1 Å². The van der Waals surface area contributed by atoms with Crippen LogP contribution < -0.4 is 4.74 Å². The van der Waals surface area contributed by atoms with Crippen LogP contribution in [-0.2, 0) is 18.7 Å². The lowest BCUT2D eigenvalue weighted by molar-refractivity contribution is -0.146. The van der Waals surface area contributed by atoms with Gasteiger partial charge in [0.2, 0.25) is 0 Å². The molecule has 0 bridgehead atoms. The smallest absolute Gasteiger partial charge is 0.376 e. The Morgan fingerprint density at radius 3 is 2.62 bits per heavy atom. The highest BCUT2D eigenvalue weighted by atomic mass is 35.5. The number of carbonyl (C=O) groups is 1. The van der Waals surface area contributed by atoms with Crippen molar-refractivity contribution in [3.63, 3.8) is 0 Å². The van der Waals surface area contributed by atoms with Gasteiger partial charge >= 0.3 is 13.6 Å². The van der Waals surface area contributed by atoms with E-state index in [4.69, 9.17) is 32.5 Å². The maximum Gasteiger partial charge on any atom is 0.376 e. The molecule has 1 rings (SSSR count). The molecule has 0 spiro atoms. The highest BCUT2D eigenvalue weighted by Gasteiger charge is 2.27. The molecule has 0 heterocycles. The van der Waals surface area contributed by atoms with Gasteiger partial charge in [-0.15, -0.1) is 0 Å². The summed E-state index contributed by atoms with van der Waals surface area (Å²) in [6.07, 6.45) is 0.120. The van der Waals surface area contributed by atoms with Crippen LogP contribution in [0, 0.1) is 0 Å². The first kappa shape index (κ1) is 20.9. The van der Waals surface area contributed by atoms with Crippen molar-refractivity contribution in [2.75, 3.05) is 6.61 Å². The van der Waals surface area contributed by atoms with Crippen LogP contribution in [0.5, 0.6) is 5.75 Å². The molecule has 0 aliphatic carbocycles. The minimum Gasteiger partial charge on any atom is -0.482 e. The van der Waals surface area contributed by atoms with E-state index >= 15 is 0 Å². The summed E-state index contributed by atoms with van der Waals surface area (Å²) in [7, 11) is -4.10. The fourth-order valence-corrected chi connectivity index (χ4v) is 2.52. The van der Waals surface area contributed by atoms with Crippen molar-refractivity contribution in [2.24, 2.45) is 5.16 Å². The Labute approximate surface area is 150 Å². The van der Waals surface area contributed by atoms with Gasteiger partial charge in [0, 0.05) is 6.07 Å². The van der Waals surface area contributed by atoms with Crippen LogP contribution in [0.2, 0.25) is 10.0 Å². The van der Waals surface area contributed by atoms with Crippen molar-refractivity contribution < 1.29 is 28.4 Å². The van der Waals surface area contributed by atoms with Crippen LogP contribution in [0.15, 0.2) is 23.4 Å². The van der Waals surface area contributed by atoms with Crippen LogP contribution in [0.4, 0.5) is 0 Å². The summed E-state index contributed by atoms with van der Waals surface area (Å²) in [4.78, 5) is 25.8. The second-order valence-electron chi connectivity index (χ2n) is 4.81.